The summed E-state index contributed by atoms with van der Waals surface area (Å²) >= 11 is 0. The number of hydrogen-bond donors (Lipinski definition) is 2. The van der Waals surface area contributed by atoms with E-state index in [0.717, 1.165) is 30.7 Å². The SMILES string of the molecule is CCC(CN)CC(=O)NCC12CC3CC(CC(C3)C1)C2. The number of rotatable bonds is 6. The van der Waals surface area contributed by atoms with Crippen LogP contribution in [0.3, 0.4) is 0 Å². The minimum atomic E-state index is 0.220. The van der Waals surface area contributed by atoms with Gasteiger partial charge >= 0.3 is 0 Å². The van der Waals surface area contributed by atoms with Gasteiger partial charge in [-0.15, -0.1) is 0 Å². The number of carbonyl (C=O) groups is 1. The van der Waals surface area contributed by atoms with Crippen molar-refractivity contribution in [2.45, 2.75) is 58.3 Å². The van der Waals surface area contributed by atoms with Gasteiger partial charge in [-0.05, 0) is 74.2 Å². The van der Waals surface area contributed by atoms with Crippen molar-refractivity contribution in [1.29, 1.82) is 0 Å². The molecule has 4 fully saturated rings. The molecule has 4 saturated carbocycles. The second-order valence-corrected chi connectivity index (χ2v) is 7.91. The molecular formula is C17H30N2O. The van der Waals surface area contributed by atoms with Gasteiger partial charge in [-0.3, -0.25) is 4.79 Å². The van der Waals surface area contributed by atoms with Crippen molar-refractivity contribution in [2.75, 3.05) is 13.1 Å². The lowest BCUT2D eigenvalue weighted by molar-refractivity contribution is -0.124. The van der Waals surface area contributed by atoms with Crippen LogP contribution in [0.15, 0.2) is 0 Å². The van der Waals surface area contributed by atoms with Gasteiger partial charge < -0.3 is 11.1 Å². The molecule has 4 aliphatic rings. The fraction of sp³-hybridized carbons (Fsp3) is 0.941. The molecular weight excluding hydrogens is 248 g/mol. The summed E-state index contributed by atoms with van der Waals surface area (Å²) in [5.41, 5.74) is 6.15. The summed E-state index contributed by atoms with van der Waals surface area (Å²) in [4.78, 5) is 12.1. The average Bonchev–Trinajstić information content (AvgIpc) is 2.41. The van der Waals surface area contributed by atoms with Gasteiger partial charge in [0.2, 0.25) is 5.91 Å². The summed E-state index contributed by atoms with van der Waals surface area (Å²) in [6.07, 6.45) is 10.1. The molecule has 0 saturated heterocycles. The molecule has 114 valence electrons. The van der Waals surface area contributed by atoms with Crippen molar-refractivity contribution in [3.8, 4) is 0 Å². The highest BCUT2D eigenvalue weighted by Crippen LogP contribution is 2.59. The highest BCUT2D eigenvalue weighted by molar-refractivity contribution is 5.76. The van der Waals surface area contributed by atoms with Crippen LogP contribution in [0.1, 0.15) is 58.3 Å². The van der Waals surface area contributed by atoms with Crippen molar-refractivity contribution in [1.82, 2.24) is 5.32 Å². The van der Waals surface area contributed by atoms with Gasteiger partial charge in [0.15, 0.2) is 0 Å². The zero-order chi connectivity index (χ0) is 14.2. The molecule has 1 atom stereocenters. The van der Waals surface area contributed by atoms with Gasteiger partial charge in [0, 0.05) is 13.0 Å². The lowest BCUT2D eigenvalue weighted by atomic mass is 9.49. The molecule has 1 unspecified atom stereocenters. The van der Waals surface area contributed by atoms with E-state index in [4.69, 9.17) is 5.73 Å². The molecule has 3 nitrogen and oxygen atoms in total. The summed E-state index contributed by atoms with van der Waals surface area (Å²) in [5.74, 6) is 3.46. The maximum absolute atomic E-state index is 12.1. The van der Waals surface area contributed by atoms with Gasteiger partial charge in [0.25, 0.3) is 0 Å². The minimum Gasteiger partial charge on any atom is -0.356 e. The Morgan fingerprint density at radius 2 is 1.75 bits per heavy atom. The van der Waals surface area contributed by atoms with E-state index in [1.807, 2.05) is 0 Å². The first kappa shape index (κ1) is 14.4. The van der Waals surface area contributed by atoms with Crippen molar-refractivity contribution >= 4 is 5.91 Å². The number of carbonyl (C=O) groups excluding carboxylic acids is 1. The van der Waals surface area contributed by atoms with Gasteiger partial charge in [-0.1, -0.05) is 13.3 Å². The van der Waals surface area contributed by atoms with Gasteiger partial charge in [-0.2, -0.15) is 0 Å². The molecule has 1 amide bonds. The molecule has 0 aliphatic heterocycles. The van der Waals surface area contributed by atoms with Crippen LogP contribution < -0.4 is 11.1 Å². The topological polar surface area (TPSA) is 55.1 Å². The Hall–Kier alpha value is -0.570. The zero-order valence-electron chi connectivity index (χ0n) is 12.9. The van der Waals surface area contributed by atoms with Gasteiger partial charge in [0.1, 0.15) is 0 Å². The van der Waals surface area contributed by atoms with E-state index in [0.29, 0.717) is 24.3 Å². The molecule has 3 heteroatoms. The maximum atomic E-state index is 12.1. The van der Waals surface area contributed by atoms with Crippen molar-refractivity contribution in [2.24, 2.45) is 34.8 Å². The third kappa shape index (κ3) is 2.88. The fourth-order valence-corrected chi connectivity index (χ4v) is 5.52. The second-order valence-electron chi connectivity index (χ2n) is 7.91. The molecule has 3 N–H and O–H groups in total. The second kappa shape index (κ2) is 5.67. The predicted molar refractivity (Wildman–Crippen MR) is 81.1 cm³/mol. The number of nitrogens with two attached hydrogens (primary N) is 1. The van der Waals surface area contributed by atoms with Crippen LogP contribution >= 0.6 is 0 Å². The smallest absolute Gasteiger partial charge is 0.220 e. The Bertz CT molecular complexity index is 327. The number of hydrogen-bond acceptors (Lipinski definition) is 2. The third-order valence-electron chi connectivity index (χ3n) is 6.21. The molecule has 4 aliphatic carbocycles. The highest BCUT2D eigenvalue weighted by Gasteiger charge is 2.50. The predicted octanol–water partition coefficient (Wildman–Crippen LogP) is 2.69. The number of nitrogens with one attached hydrogen (secondary N) is 1. The third-order valence-corrected chi connectivity index (χ3v) is 6.21. The Balaban J connectivity index is 1.52. The molecule has 4 rings (SSSR count). The largest absolute Gasteiger partial charge is 0.356 e. The first-order valence-electron chi connectivity index (χ1n) is 8.59. The van der Waals surface area contributed by atoms with E-state index in [-0.39, 0.29) is 5.91 Å². The van der Waals surface area contributed by atoms with E-state index in [9.17, 15) is 4.79 Å². The first-order valence-corrected chi connectivity index (χ1v) is 8.59. The van der Waals surface area contributed by atoms with Crippen LogP contribution in [0.25, 0.3) is 0 Å². The molecule has 0 aromatic carbocycles. The van der Waals surface area contributed by atoms with Crippen LogP contribution in [0.2, 0.25) is 0 Å². The van der Waals surface area contributed by atoms with E-state index in [1.165, 1.54) is 38.5 Å². The van der Waals surface area contributed by atoms with E-state index < -0.39 is 0 Å². The molecule has 0 aromatic heterocycles. The van der Waals surface area contributed by atoms with E-state index in [1.54, 1.807) is 0 Å². The minimum absolute atomic E-state index is 0.220. The zero-order valence-corrected chi connectivity index (χ0v) is 12.9. The molecule has 0 spiro atoms. The average molecular weight is 278 g/mol. The van der Waals surface area contributed by atoms with Crippen LogP contribution in [0.5, 0.6) is 0 Å². The molecule has 0 heterocycles. The summed E-state index contributed by atoms with van der Waals surface area (Å²) in [6.45, 7) is 3.67. The molecule has 4 bridgehead atoms. The summed E-state index contributed by atoms with van der Waals surface area (Å²) in [7, 11) is 0. The fourth-order valence-electron chi connectivity index (χ4n) is 5.52. The summed E-state index contributed by atoms with van der Waals surface area (Å²) in [6, 6.07) is 0. The van der Waals surface area contributed by atoms with Crippen LogP contribution in [0.4, 0.5) is 0 Å². The van der Waals surface area contributed by atoms with Crippen LogP contribution in [-0.2, 0) is 4.79 Å². The van der Waals surface area contributed by atoms with Crippen molar-refractivity contribution in [3.63, 3.8) is 0 Å². The Morgan fingerprint density at radius 3 is 2.20 bits per heavy atom. The molecule has 0 aromatic rings. The standard InChI is InChI=1S/C17H30N2O/c1-2-12(10-18)6-16(20)19-11-17-7-13-3-14(8-17)5-15(4-13)9-17/h12-15H,2-11,18H2,1H3,(H,19,20). The summed E-state index contributed by atoms with van der Waals surface area (Å²) in [5, 5.41) is 3.24. The Labute approximate surface area is 123 Å². The lowest BCUT2D eigenvalue weighted by Crippen LogP contribution is -2.51. The van der Waals surface area contributed by atoms with E-state index in [2.05, 4.69) is 12.2 Å². The molecule has 20 heavy (non-hydrogen) atoms. The van der Waals surface area contributed by atoms with Gasteiger partial charge in [0.05, 0.1) is 0 Å². The van der Waals surface area contributed by atoms with Crippen LogP contribution in [-0.4, -0.2) is 19.0 Å². The normalized spacial score (nSPS) is 39.8. The van der Waals surface area contributed by atoms with Gasteiger partial charge in [-0.25, -0.2) is 0 Å². The lowest BCUT2D eigenvalue weighted by Gasteiger charge is -2.56. The Kier molecular flexibility index (Phi) is 4.07. The monoisotopic (exact) mass is 278 g/mol. The quantitative estimate of drug-likeness (QED) is 0.785. The van der Waals surface area contributed by atoms with Crippen LogP contribution in [0, 0.1) is 29.1 Å². The first-order chi connectivity index (χ1) is 9.62. The van der Waals surface area contributed by atoms with Crippen molar-refractivity contribution in [3.05, 3.63) is 0 Å². The Morgan fingerprint density at radius 1 is 1.20 bits per heavy atom. The van der Waals surface area contributed by atoms with E-state index >= 15 is 0 Å². The maximum Gasteiger partial charge on any atom is 0.220 e. The molecule has 0 radical (unpaired) electrons. The number of amides is 1. The summed E-state index contributed by atoms with van der Waals surface area (Å²) < 4.78 is 0. The highest BCUT2D eigenvalue weighted by atomic mass is 16.1. The van der Waals surface area contributed by atoms with Crippen molar-refractivity contribution < 1.29 is 4.79 Å².